The highest BCUT2D eigenvalue weighted by Crippen LogP contribution is 2.20. The number of aliphatic carboxylic acids is 1. The van der Waals surface area contributed by atoms with Gasteiger partial charge in [-0.3, -0.25) is 0 Å². The van der Waals surface area contributed by atoms with Gasteiger partial charge in [0, 0.05) is 11.7 Å². The average Bonchev–Trinajstić information content (AvgIpc) is 2.52. The molecule has 94 valence electrons. The number of aromatic amines is 1. The molecule has 1 aromatic heterocycles. The lowest BCUT2D eigenvalue weighted by Gasteiger charge is -2.04. The van der Waals surface area contributed by atoms with E-state index in [1.807, 2.05) is 0 Å². The fourth-order valence-corrected chi connectivity index (χ4v) is 1.80. The maximum absolute atomic E-state index is 11.6. The number of aromatic nitrogens is 1. The SMILES string of the molecule is CCOC(=O)c1[nH]c(C)c(CCC(=O)[O-])c1C. The molecule has 0 atom stereocenters. The van der Waals surface area contributed by atoms with Gasteiger partial charge in [0.15, 0.2) is 0 Å². The summed E-state index contributed by atoms with van der Waals surface area (Å²) in [4.78, 5) is 24.9. The summed E-state index contributed by atoms with van der Waals surface area (Å²) in [6.45, 7) is 5.63. The van der Waals surface area contributed by atoms with Crippen LogP contribution in [0.5, 0.6) is 0 Å². The molecule has 0 aliphatic carbocycles. The molecule has 0 amide bonds. The molecule has 0 spiro atoms. The van der Waals surface area contributed by atoms with Crippen molar-refractivity contribution in [1.82, 2.24) is 4.98 Å². The van der Waals surface area contributed by atoms with E-state index in [1.54, 1.807) is 20.8 Å². The third kappa shape index (κ3) is 3.09. The van der Waals surface area contributed by atoms with Crippen molar-refractivity contribution in [3.05, 3.63) is 22.5 Å². The maximum atomic E-state index is 11.6. The summed E-state index contributed by atoms with van der Waals surface area (Å²) in [5, 5.41) is 10.4. The number of carbonyl (C=O) groups excluding carboxylic acids is 2. The van der Waals surface area contributed by atoms with E-state index in [2.05, 4.69) is 4.98 Å². The summed E-state index contributed by atoms with van der Waals surface area (Å²) in [5.41, 5.74) is 2.80. The molecule has 1 N–H and O–H groups in total. The van der Waals surface area contributed by atoms with Gasteiger partial charge in [0.1, 0.15) is 5.69 Å². The summed E-state index contributed by atoms with van der Waals surface area (Å²) in [5.74, 6) is -1.50. The Kier molecular flexibility index (Phi) is 4.31. The van der Waals surface area contributed by atoms with Crippen molar-refractivity contribution in [1.29, 1.82) is 0 Å². The summed E-state index contributed by atoms with van der Waals surface area (Å²) in [6.07, 6.45) is 0.303. The number of hydrogen-bond donors (Lipinski definition) is 1. The first-order valence-corrected chi connectivity index (χ1v) is 5.52. The number of rotatable bonds is 5. The van der Waals surface area contributed by atoms with Gasteiger partial charge in [-0.1, -0.05) is 0 Å². The van der Waals surface area contributed by atoms with Gasteiger partial charge in [-0.05, 0) is 44.7 Å². The molecule has 0 aromatic carbocycles. The number of ether oxygens (including phenoxy) is 1. The first kappa shape index (κ1) is 13.3. The van der Waals surface area contributed by atoms with E-state index in [0.717, 1.165) is 16.8 Å². The van der Waals surface area contributed by atoms with E-state index in [-0.39, 0.29) is 6.42 Å². The van der Waals surface area contributed by atoms with Crippen molar-refractivity contribution in [2.45, 2.75) is 33.6 Å². The molecule has 1 heterocycles. The van der Waals surface area contributed by atoms with Crippen LogP contribution in [0.1, 0.15) is 40.7 Å². The van der Waals surface area contributed by atoms with Crippen LogP contribution in [0.3, 0.4) is 0 Å². The maximum Gasteiger partial charge on any atom is 0.355 e. The van der Waals surface area contributed by atoms with Crippen molar-refractivity contribution in [2.24, 2.45) is 0 Å². The summed E-state index contributed by atoms with van der Waals surface area (Å²) in [7, 11) is 0. The summed E-state index contributed by atoms with van der Waals surface area (Å²) >= 11 is 0. The number of carboxylic acids is 1. The Morgan fingerprint density at radius 2 is 2.00 bits per heavy atom. The fraction of sp³-hybridized carbons (Fsp3) is 0.500. The number of aryl methyl sites for hydroxylation is 1. The molecule has 0 aliphatic rings. The fourth-order valence-electron chi connectivity index (χ4n) is 1.80. The first-order chi connectivity index (χ1) is 7.97. The Bertz CT molecular complexity index is 434. The number of carbonyl (C=O) groups is 2. The lowest BCUT2D eigenvalue weighted by atomic mass is 10.1. The van der Waals surface area contributed by atoms with Crippen LogP contribution in [0, 0.1) is 13.8 Å². The topological polar surface area (TPSA) is 82.2 Å². The van der Waals surface area contributed by atoms with E-state index in [4.69, 9.17) is 4.74 Å². The van der Waals surface area contributed by atoms with E-state index < -0.39 is 11.9 Å². The van der Waals surface area contributed by atoms with Crippen LogP contribution in [-0.4, -0.2) is 23.5 Å². The smallest absolute Gasteiger partial charge is 0.355 e. The molecule has 0 unspecified atom stereocenters. The van der Waals surface area contributed by atoms with Crippen LogP contribution < -0.4 is 5.11 Å². The van der Waals surface area contributed by atoms with Gasteiger partial charge in [-0.15, -0.1) is 0 Å². The van der Waals surface area contributed by atoms with Crippen molar-refractivity contribution >= 4 is 11.9 Å². The molecule has 0 bridgehead atoms. The predicted molar refractivity (Wildman–Crippen MR) is 59.6 cm³/mol. The van der Waals surface area contributed by atoms with Crippen LogP contribution in [0.15, 0.2) is 0 Å². The Morgan fingerprint density at radius 1 is 1.35 bits per heavy atom. The van der Waals surface area contributed by atoms with Crippen LogP contribution >= 0.6 is 0 Å². The molecular formula is C12H16NO4-. The quantitative estimate of drug-likeness (QED) is 0.757. The molecule has 0 fully saturated rings. The molecule has 17 heavy (non-hydrogen) atoms. The molecule has 1 rings (SSSR count). The lowest BCUT2D eigenvalue weighted by molar-refractivity contribution is -0.305. The zero-order valence-electron chi connectivity index (χ0n) is 10.3. The number of esters is 1. The average molecular weight is 238 g/mol. The summed E-state index contributed by atoms with van der Waals surface area (Å²) in [6, 6.07) is 0. The zero-order valence-corrected chi connectivity index (χ0v) is 10.3. The molecule has 5 nitrogen and oxygen atoms in total. The van der Waals surface area contributed by atoms with Gasteiger partial charge in [-0.2, -0.15) is 0 Å². The summed E-state index contributed by atoms with van der Waals surface area (Å²) < 4.78 is 4.90. The molecule has 0 saturated carbocycles. The van der Waals surface area contributed by atoms with E-state index in [9.17, 15) is 14.7 Å². The monoisotopic (exact) mass is 238 g/mol. The van der Waals surface area contributed by atoms with Gasteiger partial charge >= 0.3 is 5.97 Å². The Labute approximate surface area is 99.8 Å². The minimum atomic E-state index is -1.09. The number of carboxylic acid groups (broad SMARTS) is 1. The van der Waals surface area contributed by atoms with Gasteiger partial charge < -0.3 is 19.6 Å². The normalized spacial score (nSPS) is 10.3. The minimum absolute atomic E-state index is 0.0538. The first-order valence-electron chi connectivity index (χ1n) is 5.52. The molecule has 0 aliphatic heterocycles. The highest BCUT2D eigenvalue weighted by Gasteiger charge is 2.17. The second-order valence-corrected chi connectivity index (χ2v) is 3.82. The van der Waals surface area contributed by atoms with Crippen molar-refractivity contribution in [2.75, 3.05) is 6.61 Å². The van der Waals surface area contributed by atoms with Gasteiger partial charge in [-0.25, -0.2) is 4.79 Å². The Balaban J connectivity index is 2.93. The molecule has 1 aromatic rings. The van der Waals surface area contributed by atoms with Crippen molar-refractivity contribution in [3.8, 4) is 0 Å². The number of H-pyrrole nitrogens is 1. The number of hydrogen-bond acceptors (Lipinski definition) is 4. The van der Waals surface area contributed by atoms with Gasteiger partial charge in [0.25, 0.3) is 0 Å². The standard InChI is InChI=1S/C12H17NO4/c1-4-17-12(16)11-7(2)9(8(3)13-11)5-6-10(14)15/h13H,4-6H2,1-3H3,(H,14,15)/p-1. The largest absolute Gasteiger partial charge is 0.550 e. The van der Waals surface area contributed by atoms with Crippen LogP contribution in [-0.2, 0) is 16.0 Å². The highest BCUT2D eigenvalue weighted by molar-refractivity contribution is 5.89. The van der Waals surface area contributed by atoms with Gasteiger partial charge in [0.2, 0.25) is 0 Å². The van der Waals surface area contributed by atoms with Crippen LogP contribution in [0.4, 0.5) is 0 Å². The zero-order chi connectivity index (χ0) is 13.0. The van der Waals surface area contributed by atoms with Gasteiger partial charge in [0.05, 0.1) is 6.61 Å². The third-order valence-corrected chi connectivity index (χ3v) is 2.65. The molecule has 0 saturated heterocycles. The van der Waals surface area contributed by atoms with E-state index >= 15 is 0 Å². The molecule has 0 radical (unpaired) electrons. The van der Waals surface area contributed by atoms with E-state index in [1.165, 1.54) is 0 Å². The van der Waals surface area contributed by atoms with Crippen LogP contribution in [0.2, 0.25) is 0 Å². The lowest BCUT2D eigenvalue weighted by Crippen LogP contribution is -2.22. The van der Waals surface area contributed by atoms with Crippen molar-refractivity contribution < 1.29 is 19.4 Å². The molecule has 5 heteroatoms. The van der Waals surface area contributed by atoms with Crippen LogP contribution in [0.25, 0.3) is 0 Å². The Hall–Kier alpha value is -1.78. The third-order valence-electron chi connectivity index (χ3n) is 2.65. The van der Waals surface area contributed by atoms with E-state index in [0.29, 0.717) is 18.7 Å². The van der Waals surface area contributed by atoms with Crippen molar-refractivity contribution in [3.63, 3.8) is 0 Å². The molecular weight excluding hydrogens is 222 g/mol. The predicted octanol–water partition coefficient (Wildman–Crippen LogP) is 0.491. The minimum Gasteiger partial charge on any atom is -0.550 e. The second kappa shape index (κ2) is 5.52. The number of nitrogens with one attached hydrogen (secondary N) is 1. The Morgan fingerprint density at radius 3 is 2.53 bits per heavy atom. The second-order valence-electron chi connectivity index (χ2n) is 3.82. The highest BCUT2D eigenvalue weighted by atomic mass is 16.5.